The standard InChI is InChI=1S/C12H14FN3S/c1-7-2-5-11(17-7)12(16-15)9-6-8(13)3-4-10(9)14/h2-6,12,16H,14-15H2,1H3. The maximum atomic E-state index is 13.2. The number of nitrogen functional groups attached to an aromatic ring is 1. The lowest BCUT2D eigenvalue weighted by molar-refractivity contribution is 0.610. The van der Waals surface area contributed by atoms with Crippen LogP contribution in [0, 0.1) is 12.7 Å². The molecule has 0 bridgehead atoms. The van der Waals surface area contributed by atoms with Gasteiger partial charge in [-0.05, 0) is 37.3 Å². The highest BCUT2D eigenvalue weighted by Gasteiger charge is 2.17. The molecule has 0 spiro atoms. The lowest BCUT2D eigenvalue weighted by Crippen LogP contribution is -2.28. The molecular formula is C12H14FN3S. The average molecular weight is 251 g/mol. The summed E-state index contributed by atoms with van der Waals surface area (Å²) in [4.78, 5) is 2.19. The molecule has 1 heterocycles. The maximum Gasteiger partial charge on any atom is 0.123 e. The van der Waals surface area contributed by atoms with Crippen LogP contribution in [0.1, 0.15) is 21.4 Å². The van der Waals surface area contributed by atoms with E-state index in [0.29, 0.717) is 11.3 Å². The van der Waals surface area contributed by atoms with Gasteiger partial charge in [0, 0.05) is 21.0 Å². The number of anilines is 1. The van der Waals surface area contributed by atoms with Crippen LogP contribution in [0.3, 0.4) is 0 Å². The van der Waals surface area contributed by atoms with Crippen LogP contribution < -0.4 is 17.0 Å². The summed E-state index contributed by atoms with van der Waals surface area (Å²) < 4.78 is 13.2. The summed E-state index contributed by atoms with van der Waals surface area (Å²) in [6, 6.07) is 8.00. The molecule has 0 saturated carbocycles. The van der Waals surface area contributed by atoms with Crippen LogP contribution in [0.2, 0.25) is 0 Å². The largest absolute Gasteiger partial charge is 0.398 e. The molecule has 1 aromatic carbocycles. The number of nitrogens with one attached hydrogen (secondary N) is 1. The molecule has 0 aliphatic heterocycles. The molecule has 0 amide bonds. The van der Waals surface area contributed by atoms with Crippen molar-refractivity contribution in [1.82, 2.24) is 5.43 Å². The number of aryl methyl sites for hydroxylation is 1. The Kier molecular flexibility index (Phi) is 3.42. The highest BCUT2D eigenvalue weighted by molar-refractivity contribution is 7.12. The van der Waals surface area contributed by atoms with Crippen molar-refractivity contribution in [1.29, 1.82) is 0 Å². The van der Waals surface area contributed by atoms with E-state index in [1.165, 1.54) is 17.0 Å². The lowest BCUT2D eigenvalue weighted by Gasteiger charge is -2.16. The van der Waals surface area contributed by atoms with Crippen molar-refractivity contribution in [2.45, 2.75) is 13.0 Å². The van der Waals surface area contributed by atoms with Crippen molar-refractivity contribution in [2.24, 2.45) is 5.84 Å². The van der Waals surface area contributed by atoms with Crippen molar-refractivity contribution < 1.29 is 4.39 Å². The monoisotopic (exact) mass is 251 g/mol. The SMILES string of the molecule is Cc1ccc(C(NN)c2cc(F)ccc2N)s1. The van der Waals surface area contributed by atoms with Crippen LogP contribution in [0.5, 0.6) is 0 Å². The highest BCUT2D eigenvalue weighted by atomic mass is 32.1. The van der Waals surface area contributed by atoms with E-state index in [-0.39, 0.29) is 11.9 Å². The third kappa shape index (κ3) is 2.46. The minimum atomic E-state index is -0.317. The molecule has 1 aromatic heterocycles. The van der Waals surface area contributed by atoms with Crippen LogP contribution >= 0.6 is 11.3 Å². The molecule has 90 valence electrons. The molecule has 3 nitrogen and oxygen atoms in total. The Hall–Kier alpha value is -1.43. The van der Waals surface area contributed by atoms with Gasteiger partial charge < -0.3 is 5.73 Å². The van der Waals surface area contributed by atoms with E-state index in [1.54, 1.807) is 17.4 Å². The minimum Gasteiger partial charge on any atom is -0.398 e. The molecule has 0 aliphatic rings. The topological polar surface area (TPSA) is 64.1 Å². The van der Waals surface area contributed by atoms with Crippen molar-refractivity contribution in [3.8, 4) is 0 Å². The van der Waals surface area contributed by atoms with Crippen LogP contribution in [0.15, 0.2) is 30.3 Å². The predicted molar refractivity (Wildman–Crippen MR) is 69.0 cm³/mol. The molecule has 2 aromatic rings. The molecule has 1 unspecified atom stereocenters. The lowest BCUT2D eigenvalue weighted by atomic mass is 10.0. The zero-order valence-corrected chi connectivity index (χ0v) is 10.2. The Bertz CT molecular complexity index is 524. The first-order valence-corrected chi connectivity index (χ1v) is 6.01. The second-order valence-corrected chi connectivity index (χ2v) is 5.14. The van der Waals surface area contributed by atoms with E-state index in [0.717, 1.165) is 4.88 Å². The Morgan fingerprint density at radius 1 is 1.29 bits per heavy atom. The van der Waals surface area contributed by atoms with E-state index in [4.69, 9.17) is 11.6 Å². The Balaban J connectivity index is 2.45. The van der Waals surface area contributed by atoms with Gasteiger partial charge in [0.15, 0.2) is 0 Å². The number of benzene rings is 1. The van der Waals surface area contributed by atoms with Crippen LogP contribution in [0.25, 0.3) is 0 Å². The number of rotatable bonds is 3. The Labute approximate surface area is 103 Å². The van der Waals surface area contributed by atoms with Gasteiger partial charge in [-0.15, -0.1) is 11.3 Å². The molecule has 0 saturated heterocycles. The van der Waals surface area contributed by atoms with E-state index in [1.807, 2.05) is 19.1 Å². The Morgan fingerprint density at radius 3 is 2.65 bits per heavy atom. The molecule has 2 rings (SSSR count). The summed E-state index contributed by atoms with van der Waals surface area (Å²) in [5.41, 5.74) is 9.72. The summed E-state index contributed by atoms with van der Waals surface area (Å²) in [6.45, 7) is 2.01. The second-order valence-electron chi connectivity index (χ2n) is 3.82. The van der Waals surface area contributed by atoms with Gasteiger partial charge in [-0.1, -0.05) is 0 Å². The van der Waals surface area contributed by atoms with Gasteiger partial charge in [0.2, 0.25) is 0 Å². The van der Waals surface area contributed by atoms with E-state index >= 15 is 0 Å². The number of thiophene rings is 1. The van der Waals surface area contributed by atoms with Gasteiger partial charge in [0.1, 0.15) is 5.82 Å². The third-order valence-electron chi connectivity index (χ3n) is 2.57. The normalized spacial score (nSPS) is 12.6. The predicted octanol–water partition coefficient (Wildman–Crippen LogP) is 2.33. The van der Waals surface area contributed by atoms with Crippen LogP contribution in [-0.4, -0.2) is 0 Å². The number of halogens is 1. The second kappa shape index (κ2) is 4.83. The first-order valence-electron chi connectivity index (χ1n) is 5.19. The van der Waals surface area contributed by atoms with Gasteiger partial charge in [0.05, 0.1) is 6.04 Å². The zero-order chi connectivity index (χ0) is 12.4. The summed E-state index contributed by atoms with van der Waals surface area (Å²) in [7, 11) is 0. The van der Waals surface area contributed by atoms with Crippen LogP contribution in [-0.2, 0) is 0 Å². The van der Waals surface area contributed by atoms with Crippen molar-refractivity contribution in [3.63, 3.8) is 0 Å². The molecule has 5 N–H and O–H groups in total. The fourth-order valence-electron chi connectivity index (χ4n) is 1.73. The van der Waals surface area contributed by atoms with Gasteiger partial charge in [-0.3, -0.25) is 5.84 Å². The van der Waals surface area contributed by atoms with Gasteiger partial charge >= 0.3 is 0 Å². The summed E-state index contributed by atoms with van der Waals surface area (Å²) in [6.07, 6.45) is 0. The summed E-state index contributed by atoms with van der Waals surface area (Å²) in [5.74, 6) is 5.23. The molecule has 17 heavy (non-hydrogen) atoms. The fourth-order valence-corrected chi connectivity index (χ4v) is 2.69. The Morgan fingerprint density at radius 2 is 2.06 bits per heavy atom. The molecule has 1 atom stereocenters. The van der Waals surface area contributed by atoms with Gasteiger partial charge in [-0.25, -0.2) is 9.82 Å². The van der Waals surface area contributed by atoms with Crippen LogP contribution in [0.4, 0.5) is 10.1 Å². The van der Waals surface area contributed by atoms with Gasteiger partial charge in [-0.2, -0.15) is 0 Å². The quantitative estimate of drug-likeness (QED) is 0.445. The van der Waals surface area contributed by atoms with Gasteiger partial charge in [0.25, 0.3) is 0 Å². The van der Waals surface area contributed by atoms with E-state index < -0.39 is 0 Å². The summed E-state index contributed by atoms with van der Waals surface area (Å²) in [5, 5.41) is 0. The molecule has 5 heteroatoms. The smallest absolute Gasteiger partial charge is 0.123 e. The third-order valence-corrected chi connectivity index (χ3v) is 3.64. The van der Waals surface area contributed by atoms with Crippen molar-refractivity contribution >= 4 is 17.0 Å². The first-order chi connectivity index (χ1) is 8.11. The summed E-state index contributed by atoms with van der Waals surface area (Å²) >= 11 is 1.61. The van der Waals surface area contributed by atoms with Crippen molar-refractivity contribution in [2.75, 3.05) is 5.73 Å². The molecule has 0 aliphatic carbocycles. The number of nitrogens with two attached hydrogens (primary N) is 2. The van der Waals surface area contributed by atoms with E-state index in [2.05, 4.69) is 5.43 Å². The number of hydrogen-bond donors (Lipinski definition) is 3. The number of hydrazine groups is 1. The average Bonchev–Trinajstić information content (AvgIpc) is 2.71. The molecule has 0 radical (unpaired) electrons. The fraction of sp³-hybridized carbons (Fsp3) is 0.167. The number of hydrogen-bond acceptors (Lipinski definition) is 4. The highest BCUT2D eigenvalue weighted by Crippen LogP contribution is 2.31. The minimum absolute atomic E-state index is 0.274. The molecule has 0 fully saturated rings. The molecular weight excluding hydrogens is 237 g/mol. The first kappa shape index (κ1) is 12.0. The zero-order valence-electron chi connectivity index (χ0n) is 9.41. The van der Waals surface area contributed by atoms with Crippen molar-refractivity contribution in [3.05, 3.63) is 51.5 Å². The van der Waals surface area contributed by atoms with E-state index in [9.17, 15) is 4.39 Å². The maximum absolute atomic E-state index is 13.2.